The van der Waals surface area contributed by atoms with Crippen LogP contribution in [0.5, 0.6) is 11.5 Å². The highest BCUT2D eigenvalue weighted by atomic mass is 16.5. The van der Waals surface area contributed by atoms with Gasteiger partial charge in [-0.2, -0.15) is 0 Å². The van der Waals surface area contributed by atoms with Crippen LogP contribution in [-0.4, -0.2) is 11.1 Å². The monoisotopic (exact) mass is 208 g/mol. The molecular formula is C12H16O3. The Morgan fingerprint density at radius 1 is 1.40 bits per heavy atom. The van der Waals surface area contributed by atoms with Crippen LogP contribution in [0, 0.1) is 6.92 Å². The smallest absolute Gasteiger partial charge is 0.308 e. The maximum Gasteiger partial charge on any atom is 0.308 e. The first kappa shape index (κ1) is 11.6. The minimum atomic E-state index is -0.342. The molecule has 0 aliphatic rings. The summed E-state index contributed by atoms with van der Waals surface area (Å²) < 4.78 is 5.14. The van der Waals surface area contributed by atoms with Crippen molar-refractivity contribution in [3.63, 3.8) is 0 Å². The maximum atomic E-state index is 10.9. The van der Waals surface area contributed by atoms with Gasteiger partial charge in [0.1, 0.15) is 11.5 Å². The molecule has 1 rings (SSSR count). The first-order chi connectivity index (χ1) is 6.91. The Kier molecular flexibility index (Phi) is 3.35. The molecule has 0 saturated heterocycles. The molecule has 0 heterocycles. The molecule has 0 saturated carbocycles. The second kappa shape index (κ2) is 4.34. The van der Waals surface area contributed by atoms with Crippen molar-refractivity contribution >= 4 is 5.97 Å². The summed E-state index contributed by atoms with van der Waals surface area (Å²) in [6.45, 7) is 7.16. The number of carbonyl (C=O) groups excluding carboxylic acids is 1. The number of hydrogen-bond acceptors (Lipinski definition) is 3. The van der Waals surface area contributed by atoms with E-state index in [4.69, 9.17) is 4.74 Å². The fourth-order valence-corrected chi connectivity index (χ4v) is 1.49. The van der Waals surface area contributed by atoms with Crippen LogP contribution in [0.4, 0.5) is 0 Å². The van der Waals surface area contributed by atoms with Crippen molar-refractivity contribution in [2.45, 2.75) is 33.6 Å². The highest BCUT2D eigenvalue weighted by molar-refractivity contribution is 5.70. The van der Waals surface area contributed by atoms with Gasteiger partial charge in [0.05, 0.1) is 0 Å². The van der Waals surface area contributed by atoms with Crippen LogP contribution in [0.3, 0.4) is 0 Å². The van der Waals surface area contributed by atoms with E-state index in [1.165, 1.54) is 6.92 Å². The van der Waals surface area contributed by atoms with Crippen molar-refractivity contribution in [3.05, 3.63) is 23.3 Å². The minimum Gasteiger partial charge on any atom is -0.508 e. The minimum absolute atomic E-state index is 0.199. The molecule has 3 nitrogen and oxygen atoms in total. The van der Waals surface area contributed by atoms with E-state index in [9.17, 15) is 9.90 Å². The number of phenolic OH excluding ortho intramolecular Hbond substituents is 1. The standard InChI is InChI=1S/C12H16O3/c1-7(2)11-6-10(14)5-8(3)12(11)15-9(4)13/h5-7,14H,1-4H3. The van der Waals surface area contributed by atoms with Gasteiger partial charge >= 0.3 is 5.97 Å². The summed E-state index contributed by atoms with van der Waals surface area (Å²) in [4.78, 5) is 10.9. The van der Waals surface area contributed by atoms with E-state index < -0.39 is 0 Å². The van der Waals surface area contributed by atoms with Gasteiger partial charge in [-0.25, -0.2) is 0 Å². The Balaban J connectivity index is 3.26. The van der Waals surface area contributed by atoms with Crippen LogP contribution in [-0.2, 0) is 4.79 Å². The molecule has 0 aliphatic heterocycles. The van der Waals surface area contributed by atoms with Gasteiger partial charge in [-0.3, -0.25) is 4.79 Å². The lowest BCUT2D eigenvalue weighted by Crippen LogP contribution is -2.06. The molecule has 0 amide bonds. The van der Waals surface area contributed by atoms with Crippen molar-refractivity contribution < 1.29 is 14.6 Å². The number of phenols is 1. The Morgan fingerprint density at radius 2 is 2.00 bits per heavy atom. The molecule has 3 heteroatoms. The van der Waals surface area contributed by atoms with Gasteiger partial charge in [-0.1, -0.05) is 13.8 Å². The molecular weight excluding hydrogens is 192 g/mol. The number of hydrogen-bond donors (Lipinski definition) is 1. The average Bonchev–Trinajstić information content (AvgIpc) is 2.08. The zero-order valence-corrected chi connectivity index (χ0v) is 9.50. The zero-order chi connectivity index (χ0) is 11.6. The lowest BCUT2D eigenvalue weighted by Gasteiger charge is -2.14. The van der Waals surface area contributed by atoms with Crippen molar-refractivity contribution in [1.29, 1.82) is 0 Å². The van der Waals surface area contributed by atoms with Crippen LogP contribution >= 0.6 is 0 Å². The van der Waals surface area contributed by atoms with Crippen molar-refractivity contribution in [1.82, 2.24) is 0 Å². The maximum absolute atomic E-state index is 10.9. The first-order valence-corrected chi connectivity index (χ1v) is 4.93. The Morgan fingerprint density at radius 3 is 2.47 bits per heavy atom. The second-order valence-corrected chi connectivity index (χ2v) is 3.93. The van der Waals surface area contributed by atoms with Gasteiger partial charge in [-0.05, 0) is 30.5 Å². The van der Waals surface area contributed by atoms with E-state index in [1.807, 2.05) is 20.8 Å². The molecule has 0 fully saturated rings. The molecule has 82 valence electrons. The van der Waals surface area contributed by atoms with Gasteiger partial charge in [0, 0.05) is 12.5 Å². The van der Waals surface area contributed by atoms with Crippen molar-refractivity contribution in [3.8, 4) is 11.5 Å². The van der Waals surface area contributed by atoms with E-state index >= 15 is 0 Å². The van der Waals surface area contributed by atoms with Crippen LogP contribution < -0.4 is 4.74 Å². The lowest BCUT2D eigenvalue weighted by atomic mass is 9.99. The molecule has 15 heavy (non-hydrogen) atoms. The SMILES string of the molecule is CC(=O)Oc1c(C)cc(O)cc1C(C)C. The number of esters is 1. The van der Waals surface area contributed by atoms with Crippen molar-refractivity contribution in [2.24, 2.45) is 0 Å². The van der Waals surface area contributed by atoms with E-state index in [2.05, 4.69) is 0 Å². The van der Waals surface area contributed by atoms with Crippen LogP contribution in [0.15, 0.2) is 12.1 Å². The molecule has 1 N–H and O–H groups in total. The predicted molar refractivity (Wildman–Crippen MR) is 58.2 cm³/mol. The molecule has 0 unspecified atom stereocenters. The largest absolute Gasteiger partial charge is 0.508 e. The Labute approximate surface area is 89.7 Å². The molecule has 0 spiro atoms. The van der Waals surface area contributed by atoms with E-state index in [0.29, 0.717) is 5.75 Å². The third-order valence-electron chi connectivity index (χ3n) is 2.16. The molecule has 0 bridgehead atoms. The highest BCUT2D eigenvalue weighted by Gasteiger charge is 2.14. The summed E-state index contributed by atoms with van der Waals surface area (Å²) in [5, 5.41) is 9.46. The Hall–Kier alpha value is -1.51. The number of aromatic hydroxyl groups is 1. The number of benzene rings is 1. The fourth-order valence-electron chi connectivity index (χ4n) is 1.49. The van der Waals surface area contributed by atoms with Gasteiger partial charge in [0.25, 0.3) is 0 Å². The number of rotatable bonds is 2. The van der Waals surface area contributed by atoms with Crippen molar-refractivity contribution in [2.75, 3.05) is 0 Å². The third kappa shape index (κ3) is 2.72. The van der Waals surface area contributed by atoms with Gasteiger partial charge in [0.15, 0.2) is 0 Å². The first-order valence-electron chi connectivity index (χ1n) is 4.93. The molecule has 1 aromatic rings. The summed E-state index contributed by atoms with van der Waals surface area (Å²) in [7, 11) is 0. The quantitative estimate of drug-likeness (QED) is 0.600. The summed E-state index contributed by atoms with van der Waals surface area (Å²) in [6.07, 6.45) is 0. The van der Waals surface area contributed by atoms with E-state index in [0.717, 1.165) is 11.1 Å². The van der Waals surface area contributed by atoms with Gasteiger partial charge < -0.3 is 9.84 Å². The van der Waals surface area contributed by atoms with Crippen LogP contribution in [0.2, 0.25) is 0 Å². The highest BCUT2D eigenvalue weighted by Crippen LogP contribution is 2.33. The summed E-state index contributed by atoms with van der Waals surface area (Å²) in [5.41, 5.74) is 1.62. The lowest BCUT2D eigenvalue weighted by molar-refractivity contribution is -0.132. The third-order valence-corrected chi connectivity index (χ3v) is 2.16. The van der Waals surface area contributed by atoms with E-state index in [-0.39, 0.29) is 17.6 Å². The van der Waals surface area contributed by atoms with Gasteiger partial charge in [0.2, 0.25) is 0 Å². The number of aryl methyl sites for hydroxylation is 1. The second-order valence-electron chi connectivity index (χ2n) is 3.93. The van der Waals surface area contributed by atoms with Crippen LogP contribution in [0.25, 0.3) is 0 Å². The summed E-state index contributed by atoms with van der Waals surface area (Å²) in [6, 6.07) is 3.22. The number of carbonyl (C=O) groups is 1. The van der Waals surface area contributed by atoms with Gasteiger partial charge in [-0.15, -0.1) is 0 Å². The molecule has 1 aromatic carbocycles. The summed E-state index contributed by atoms with van der Waals surface area (Å²) >= 11 is 0. The molecule has 0 radical (unpaired) electrons. The predicted octanol–water partition coefficient (Wildman–Crippen LogP) is 2.75. The number of ether oxygens (including phenoxy) is 1. The van der Waals surface area contributed by atoms with E-state index in [1.54, 1.807) is 12.1 Å². The normalized spacial score (nSPS) is 10.5. The zero-order valence-electron chi connectivity index (χ0n) is 9.50. The molecule has 0 aromatic heterocycles. The fraction of sp³-hybridized carbons (Fsp3) is 0.417. The average molecular weight is 208 g/mol. The molecule has 0 atom stereocenters. The molecule has 0 aliphatic carbocycles. The summed E-state index contributed by atoms with van der Waals surface area (Å²) in [5.74, 6) is 0.623. The van der Waals surface area contributed by atoms with Crippen LogP contribution in [0.1, 0.15) is 37.8 Å². The Bertz CT molecular complexity index is 381. The topological polar surface area (TPSA) is 46.5 Å².